The van der Waals surface area contributed by atoms with Crippen LogP contribution >= 0.6 is 0 Å². The van der Waals surface area contributed by atoms with Crippen molar-refractivity contribution in [2.24, 2.45) is 0 Å². The van der Waals surface area contributed by atoms with Gasteiger partial charge in [-0.1, -0.05) is 24.3 Å². The molecule has 2 amide bonds. The van der Waals surface area contributed by atoms with Crippen molar-refractivity contribution in [1.82, 2.24) is 25.0 Å². The minimum atomic E-state index is -0.417. The van der Waals surface area contributed by atoms with Crippen LogP contribution in [0, 0.1) is 0 Å². The van der Waals surface area contributed by atoms with Gasteiger partial charge in [0.2, 0.25) is 11.8 Å². The van der Waals surface area contributed by atoms with Crippen molar-refractivity contribution >= 4 is 11.8 Å². The molecular formula is C17H21N5O2. The molecule has 0 spiro atoms. The Morgan fingerprint density at radius 3 is 2.79 bits per heavy atom. The maximum Gasteiger partial charge on any atom is 0.244 e. The highest BCUT2D eigenvalue weighted by Gasteiger charge is 2.21. The summed E-state index contributed by atoms with van der Waals surface area (Å²) < 4.78 is 1.52. The first kappa shape index (κ1) is 16.2. The Morgan fingerprint density at radius 2 is 2.12 bits per heavy atom. The van der Waals surface area contributed by atoms with Gasteiger partial charge in [-0.15, -0.1) is 0 Å². The van der Waals surface area contributed by atoms with Gasteiger partial charge in [0.15, 0.2) is 0 Å². The molecule has 0 unspecified atom stereocenters. The van der Waals surface area contributed by atoms with Crippen molar-refractivity contribution in [2.75, 3.05) is 6.54 Å². The zero-order valence-electron chi connectivity index (χ0n) is 13.7. The van der Waals surface area contributed by atoms with E-state index in [9.17, 15) is 9.59 Å². The van der Waals surface area contributed by atoms with Crippen LogP contribution in [0.15, 0.2) is 36.9 Å². The van der Waals surface area contributed by atoms with Gasteiger partial charge in [0.05, 0.1) is 0 Å². The second-order valence-electron chi connectivity index (χ2n) is 5.96. The average molecular weight is 327 g/mol. The van der Waals surface area contributed by atoms with E-state index in [0.717, 1.165) is 24.1 Å². The standard InChI is InChI=1S/C17H21N5O2/c1-13(22-12-18-11-20-22)17(24)19-9-14-5-2-3-6-15(14)10-21-8-4-7-16(21)23/h2-3,5-6,11-13H,4,7-10H2,1H3,(H,19,24)/t13-/m1/s1. The molecule has 0 radical (unpaired) electrons. The Bertz CT molecular complexity index is 714. The molecule has 1 aliphatic heterocycles. The number of benzene rings is 1. The highest BCUT2D eigenvalue weighted by atomic mass is 16.2. The first-order valence-electron chi connectivity index (χ1n) is 8.11. The highest BCUT2D eigenvalue weighted by molar-refractivity contribution is 5.79. The molecule has 7 nitrogen and oxygen atoms in total. The molecule has 1 N–H and O–H groups in total. The summed E-state index contributed by atoms with van der Waals surface area (Å²) in [6, 6.07) is 7.47. The van der Waals surface area contributed by atoms with Crippen molar-refractivity contribution in [1.29, 1.82) is 0 Å². The van der Waals surface area contributed by atoms with Crippen molar-refractivity contribution in [3.8, 4) is 0 Å². The normalized spacial score (nSPS) is 15.5. The zero-order chi connectivity index (χ0) is 16.9. The first-order chi connectivity index (χ1) is 11.6. The van der Waals surface area contributed by atoms with E-state index >= 15 is 0 Å². The fourth-order valence-corrected chi connectivity index (χ4v) is 2.83. The number of aromatic nitrogens is 3. The van der Waals surface area contributed by atoms with Crippen LogP contribution in [0.3, 0.4) is 0 Å². The number of rotatable bonds is 6. The van der Waals surface area contributed by atoms with E-state index in [4.69, 9.17) is 0 Å². The van der Waals surface area contributed by atoms with Crippen molar-refractivity contribution < 1.29 is 9.59 Å². The smallest absolute Gasteiger partial charge is 0.244 e. The molecule has 24 heavy (non-hydrogen) atoms. The van der Waals surface area contributed by atoms with Crippen LogP contribution in [0.5, 0.6) is 0 Å². The Morgan fingerprint density at radius 1 is 1.33 bits per heavy atom. The van der Waals surface area contributed by atoms with Crippen molar-refractivity contribution in [3.05, 3.63) is 48.0 Å². The van der Waals surface area contributed by atoms with Gasteiger partial charge in [-0.2, -0.15) is 5.10 Å². The summed E-state index contributed by atoms with van der Waals surface area (Å²) in [6.45, 7) is 3.61. The van der Waals surface area contributed by atoms with E-state index in [1.54, 1.807) is 6.92 Å². The molecule has 3 rings (SSSR count). The van der Waals surface area contributed by atoms with Crippen molar-refractivity contribution in [3.63, 3.8) is 0 Å². The fourth-order valence-electron chi connectivity index (χ4n) is 2.83. The Balaban J connectivity index is 1.63. The van der Waals surface area contributed by atoms with E-state index in [1.165, 1.54) is 17.3 Å². The second-order valence-corrected chi connectivity index (χ2v) is 5.96. The van der Waals surface area contributed by atoms with E-state index < -0.39 is 6.04 Å². The number of carbonyl (C=O) groups is 2. The van der Waals surface area contributed by atoms with E-state index in [0.29, 0.717) is 19.5 Å². The largest absolute Gasteiger partial charge is 0.350 e. The van der Waals surface area contributed by atoms with Gasteiger partial charge in [-0.05, 0) is 24.5 Å². The number of likely N-dealkylation sites (tertiary alicyclic amines) is 1. The lowest BCUT2D eigenvalue weighted by Crippen LogP contribution is -2.31. The summed E-state index contributed by atoms with van der Waals surface area (Å²) in [7, 11) is 0. The van der Waals surface area contributed by atoms with Gasteiger partial charge in [-0.3, -0.25) is 9.59 Å². The molecule has 7 heteroatoms. The Kier molecular flexibility index (Phi) is 4.88. The number of amides is 2. The third-order valence-electron chi connectivity index (χ3n) is 4.32. The summed E-state index contributed by atoms with van der Waals surface area (Å²) in [6.07, 6.45) is 4.49. The fraction of sp³-hybridized carbons (Fsp3) is 0.412. The lowest BCUT2D eigenvalue weighted by molar-refractivity contribution is -0.128. The highest BCUT2D eigenvalue weighted by Crippen LogP contribution is 2.17. The van der Waals surface area contributed by atoms with Gasteiger partial charge in [0, 0.05) is 26.1 Å². The molecule has 1 saturated heterocycles. The van der Waals surface area contributed by atoms with E-state index in [1.807, 2.05) is 29.2 Å². The number of hydrogen-bond acceptors (Lipinski definition) is 4. The Labute approximate surface area is 140 Å². The summed E-state index contributed by atoms with van der Waals surface area (Å²) in [5.41, 5.74) is 2.10. The maximum atomic E-state index is 12.3. The van der Waals surface area contributed by atoms with Crippen molar-refractivity contribution in [2.45, 2.75) is 38.9 Å². The summed E-state index contributed by atoms with van der Waals surface area (Å²) in [4.78, 5) is 29.8. The minimum absolute atomic E-state index is 0.118. The molecular weight excluding hydrogens is 306 g/mol. The number of hydrogen-bond donors (Lipinski definition) is 1. The number of carbonyl (C=O) groups excluding carboxylic acids is 2. The summed E-state index contributed by atoms with van der Waals surface area (Å²) in [5, 5.41) is 6.92. The second kappa shape index (κ2) is 7.25. The third-order valence-corrected chi connectivity index (χ3v) is 4.32. The molecule has 1 aliphatic rings. The third kappa shape index (κ3) is 3.61. The molecule has 2 aromatic rings. The number of nitrogens with zero attached hydrogens (tertiary/aromatic N) is 4. The van der Waals surface area contributed by atoms with Gasteiger partial charge in [0.1, 0.15) is 18.7 Å². The number of nitrogens with one attached hydrogen (secondary N) is 1. The maximum absolute atomic E-state index is 12.3. The first-order valence-corrected chi connectivity index (χ1v) is 8.11. The van der Waals surface area contributed by atoms with Crippen LogP contribution in [-0.2, 0) is 22.7 Å². The minimum Gasteiger partial charge on any atom is -0.350 e. The van der Waals surface area contributed by atoms with E-state index in [-0.39, 0.29) is 11.8 Å². The molecule has 2 heterocycles. The molecule has 1 fully saturated rings. The van der Waals surface area contributed by atoms with Crippen LogP contribution in [0.4, 0.5) is 0 Å². The van der Waals surface area contributed by atoms with Gasteiger partial charge in [-0.25, -0.2) is 9.67 Å². The molecule has 0 bridgehead atoms. The van der Waals surface area contributed by atoms with Crippen LogP contribution in [0.1, 0.15) is 36.9 Å². The average Bonchev–Trinajstić information content (AvgIpc) is 3.25. The van der Waals surface area contributed by atoms with Crippen LogP contribution < -0.4 is 5.32 Å². The quantitative estimate of drug-likeness (QED) is 0.867. The van der Waals surface area contributed by atoms with Gasteiger partial charge < -0.3 is 10.2 Å². The molecule has 1 atom stereocenters. The summed E-state index contributed by atoms with van der Waals surface area (Å²) in [5.74, 6) is 0.0844. The van der Waals surface area contributed by atoms with E-state index in [2.05, 4.69) is 15.4 Å². The predicted molar refractivity (Wildman–Crippen MR) is 87.7 cm³/mol. The van der Waals surface area contributed by atoms with Gasteiger partial charge in [0.25, 0.3) is 0 Å². The molecule has 1 aromatic heterocycles. The van der Waals surface area contributed by atoms with Crippen LogP contribution in [0.25, 0.3) is 0 Å². The molecule has 1 aromatic carbocycles. The van der Waals surface area contributed by atoms with Crippen LogP contribution in [-0.4, -0.2) is 38.0 Å². The predicted octanol–water partition coefficient (Wildman–Crippen LogP) is 1.28. The van der Waals surface area contributed by atoms with Gasteiger partial charge >= 0.3 is 0 Å². The Hall–Kier alpha value is -2.70. The SMILES string of the molecule is C[C@H](C(=O)NCc1ccccc1CN1CCCC1=O)n1cncn1. The zero-order valence-corrected chi connectivity index (χ0v) is 13.7. The molecule has 0 aliphatic carbocycles. The lowest BCUT2D eigenvalue weighted by Gasteiger charge is -2.19. The van der Waals surface area contributed by atoms with Crippen LogP contribution in [0.2, 0.25) is 0 Å². The molecule has 126 valence electrons. The lowest BCUT2D eigenvalue weighted by atomic mass is 10.1. The monoisotopic (exact) mass is 327 g/mol. The molecule has 0 saturated carbocycles. The summed E-state index contributed by atoms with van der Waals surface area (Å²) >= 11 is 0. The topological polar surface area (TPSA) is 80.1 Å².